The summed E-state index contributed by atoms with van der Waals surface area (Å²) in [5.41, 5.74) is 1.72. The Morgan fingerprint density at radius 1 is 1.21 bits per heavy atom. The highest BCUT2D eigenvalue weighted by Crippen LogP contribution is 2.09. The molecule has 3 aromatic rings. The van der Waals surface area contributed by atoms with Gasteiger partial charge in [0.05, 0.1) is 11.8 Å². The van der Waals surface area contributed by atoms with Crippen LogP contribution in [0.4, 0.5) is 0 Å². The van der Waals surface area contributed by atoms with Crippen LogP contribution in [-0.2, 0) is 13.0 Å². The topological polar surface area (TPSA) is 129 Å². The van der Waals surface area contributed by atoms with Gasteiger partial charge in [0.1, 0.15) is 5.56 Å². The molecule has 0 saturated carbocycles. The molecule has 2 aromatic heterocycles. The van der Waals surface area contributed by atoms with Crippen LogP contribution in [0, 0.1) is 0 Å². The van der Waals surface area contributed by atoms with Crippen LogP contribution in [0.1, 0.15) is 21.5 Å². The molecule has 2 heterocycles. The summed E-state index contributed by atoms with van der Waals surface area (Å²) in [6, 6.07) is 12.5. The molecule has 28 heavy (non-hydrogen) atoms. The van der Waals surface area contributed by atoms with Gasteiger partial charge in [0.2, 0.25) is 5.88 Å². The number of amides is 1. The minimum atomic E-state index is -0.808. The highest BCUT2D eigenvalue weighted by molar-refractivity contribution is 5.94. The molecule has 3 rings (SSSR count). The Kier molecular flexibility index (Phi) is 5.75. The number of nitrogens with zero attached hydrogens (tertiary/aromatic N) is 3. The molecule has 0 spiro atoms. The summed E-state index contributed by atoms with van der Waals surface area (Å²) in [7, 11) is 0. The molecule has 0 aliphatic rings. The first kappa shape index (κ1) is 18.8. The molecule has 0 radical (unpaired) electrons. The van der Waals surface area contributed by atoms with E-state index >= 15 is 0 Å². The van der Waals surface area contributed by atoms with Gasteiger partial charge in [-0.2, -0.15) is 5.10 Å². The number of aryl methyl sites for hydroxylation is 1. The Morgan fingerprint density at radius 2 is 2.00 bits per heavy atom. The molecule has 1 amide bonds. The number of aromatic nitrogens is 3. The van der Waals surface area contributed by atoms with Crippen molar-refractivity contribution >= 4 is 12.1 Å². The Labute approximate surface area is 159 Å². The third-order valence-electron chi connectivity index (χ3n) is 3.96. The second-order valence-corrected chi connectivity index (χ2v) is 5.82. The molecular formula is C19H17N5O4. The molecule has 0 aliphatic carbocycles. The van der Waals surface area contributed by atoms with Crippen molar-refractivity contribution in [2.45, 2.75) is 13.0 Å². The standard InChI is InChI=1S/C19H17N5O4/c25-16(14-7-4-9-20-11-14)23-21-12-15-17(26)22-19(28)24(18(15)27)10-8-13-5-2-1-3-6-13/h1-7,9,11-12,27H,8,10H2,(H,23,25)(H,22,26,28)/b21-12+. The summed E-state index contributed by atoms with van der Waals surface area (Å²) < 4.78 is 1.04. The number of hydrazone groups is 1. The maximum Gasteiger partial charge on any atom is 0.331 e. The fourth-order valence-electron chi connectivity index (χ4n) is 2.50. The van der Waals surface area contributed by atoms with E-state index in [2.05, 4.69) is 20.5 Å². The number of aromatic hydroxyl groups is 1. The van der Waals surface area contributed by atoms with Crippen molar-refractivity contribution in [2.75, 3.05) is 0 Å². The summed E-state index contributed by atoms with van der Waals surface area (Å²) in [4.78, 5) is 41.9. The van der Waals surface area contributed by atoms with E-state index in [4.69, 9.17) is 0 Å². The van der Waals surface area contributed by atoms with Crippen LogP contribution in [0.3, 0.4) is 0 Å². The van der Waals surface area contributed by atoms with Crippen LogP contribution in [0.2, 0.25) is 0 Å². The molecule has 0 bridgehead atoms. The van der Waals surface area contributed by atoms with Crippen molar-refractivity contribution in [2.24, 2.45) is 5.10 Å². The molecule has 9 heteroatoms. The maximum atomic E-state index is 12.0. The number of hydrogen-bond donors (Lipinski definition) is 3. The van der Waals surface area contributed by atoms with E-state index in [0.717, 1.165) is 16.3 Å². The van der Waals surface area contributed by atoms with Gasteiger partial charge < -0.3 is 5.11 Å². The van der Waals surface area contributed by atoms with Gasteiger partial charge >= 0.3 is 5.69 Å². The lowest BCUT2D eigenvalue weighted by Gasteiger charge is -2.09. The van der Waals surface area contributed by atoms with Gasteiger partial charge in [-0.15, -0.1) is 0 Å². The van der Waals surface area contributed by atoms with Crippen LogP contribution in [0.25, 0.3) is 0 Å². The normalized spacial score (nSPS) is 10.9. The van der Waals surface area contributed by atoms with E-state index in [1.807, 2.05) is 30.3 Å². The Hall–Kier alpha value is -4.01. The van der Waals surface area contributed by atoms with Gasteiger partial charge in [-0.05, 0) is 24.1 Å². The molecule has 0 atom stereocenters. The van der Waals surface area contributed by atoms with E-state index in [1.54, 1.807) is 12.1 Å². The Balaban J connectivity index is 1.78. The fraction of sp³-hybridized carbons (Fsp3) is 0.105. The fourth-order valence-corrected chi connectivity index (χ4v) is 2.50. The van der Waals surface area contributed by atoms with E-state index in [9.17, 15) is 19.5 Å². The van der Waals surface area contributed by atoms with Crippen LogP contribution >= 0.6 is 0 Å². The molecule has 3 N–H and O–H groups in total. The van der Waals surface area contributed by atoms with Crippen LogP contribution in [-0.4, -0.2) is 31.8 Å². The zero-order chi connectivity index (χ0) is 19.9. The van der Waals surface area contributed by atoms with Gasteiger partial charge in [-0.3, -0.25) is 24.1 Å². The lowest BCUT2D eigenvalue weighted by Crippen LogP contribution is -2.33. The van der Waals surface area contributed by atoms with Gasteiger partial charge in [-0.1, -0.05) is 30.3 Å². The average molecular weight is 379 g/mol. The minimum absolute atomic E-state index is 0.161. The van der Waals surface area contributed by atoms with Crippen molar-refractivity contribution in [1.29, 1.82) is 0 Å². The predicted molar refractivity (Wildman–Crippen MR) is 102 cm³/mol. The number of H-pyrrole nitrogens is 1. The molecule has 0 aliphatic heterocycles. The second-order valence-electron chi connectivity index (χ2n) is 5.82. The molecule has 0 unspecified atom stereocenters. The summed E-state index contributed by atoms with van der Waals surface area (Å²) in [5, 5.41) is 14.0. The van der Waals surface area contributed by atoms with Gasteiger partial charge in [0.15, 0.2) is 0 Å². The number of pyridine rings is 1. The highest BCUT2D eigenvalue weighted by Gasteiger charge is 2.13. The van der Waals surface area contributed by atoms with Gasteiger partial charge in [0.25, 0.3) is 11.5 Å². The number of carbonyl (C=O) groups is 1. The van der Waals surface area contributed by atoms with Gasteiger partial charge in [0, 0.05) is 18.9 Å². The molecule has 0 fully saturated rings. The van der Waals surface area contributed by atoms with E-state index in [-0.39, 0.29) is 17.7 Å². The van der Waals surface area contributed by atoms with Crippen molar-refractivity contribution in [3.63, 3.8) is 0 Å². The molecule has 1 aromatic carbocycles. The first-order valence-electron chi connectivity index (χ1n) is 8.39. The SMILES string of the molecule is O=C(N/N=C/c1c(O)n(CCc2ccccc2)c(=O)[nH]c1=O)c1cccnc1. The number of aromatic amines is 1. The number of benzene rings is 1. The zero-order valence-corrected chi connectivity index (χ0v) is 14.7. The van der Waals surface area contributed by atoms with E-state index in [0.29, 0.717) is 6.42 Å². The summed E-state index contributed by atoms with van der Waals surface area (Å²) in [6.07, 6.45) is 4.35. The minimum Gasteiger partial charge on any atom is -0.494 e. The van der Waals surface area contributed by atoms with Crippen LogP contribution in [0.5, 0.6) is 5.88 Å². The lowest BCUT2D eigenvalue weighted by molar-refractivity contribution is 0.0954. The first-order valence-corrected chi connectivity index (χ1v) is 8.39. The van der Waals surface area contributed by atoms with Crippen molar-refractivity contribution in [3.8, 4) is 5.88 Å². The number of nitrogens with one attached hydrogen (secondary N) is 2. The molecule has 0 saturated heterocycles. The molecule has 142 valence electrons. The quantitative estimate of drug-likeness (QED) is 0.428. The van der Waals surface area contributed by atoms with Crippen molar-refractivity contribution in [1.82, 2.24) is 20.0 Å². The smallest absolute Gasteiger partial charge is 0.331 e. The average Bonchev–Trinajstić information content (AvgIpc) is 2.71. The maximum absolute atomic E-state index is 12.0. The van der Waals surface area contributed by atoms with Crippen molar-refractivity contribution in [3.05, 3.63) is 92.4 Å². The van der Waals surface area contributed by atoms with Crippen LogP contribution < -0.4 is 16.7 Å². The Bertz CT molecular complexity index is 1100. The third-order valence-corrected chi connectivity index (χ3v) is 3.96. The third kappa shape index (κ3) is 4.39. The number of carbonyl (C=O) groups excluding carboxylic acids is 1. The number of hydrogen-bond acceptors (Lipinski definition) is 6. The number of rotatable bonds is 6. The zero-order valence-electron chi connectivity index (χ0n) is 14.7. The molecular weight excluding hydrogens is 362 g/mol. The monoisotopic (exact) mass is 379 g/mol. The van der Waals surface area contributed by atoms with E-state index in [1.165, 1.54) is 12.4 Å². The lowest BCUT2D eigenvalue weighted by atomic mass is 10.1. The largest absolute Gasteiger partial charge is 0.494 e. The highest BCUT2D eigenvalue weighted by atomic mass is 16.3. The summed E-state index contributed by atoms with van der Waals surface area (Å²) in [6.45, 7) is 0.161. The first-order chi connectivity index (χ1) is 13.6. The molecule has 9 nitrogen and oxygen atoms in total. The second kappa shape index (κ2) is 8.58. The van der Waals surface area contributed by atoms with Gasteiger partial charge in [-0.25, -0.2) is 10.2 Å². The summed E-state index contributed by atoms with van der Waals surface area (Å²) >= 11 is 0. The Morgan fingerprint density at radius 3 is 2.71 bits per heavy atom. The predicted octanol–water partition coefficient (Wildman–Crippen LogP) is 0.644. The summed E-state index contributed by atoms with van der Waals surface area (Å²) in [5.74, 6) is -1.05. The van der Waals surface area contributed by atoms with Crippen LogP contribution in [0.15, 0.2) is 69.5 Å². The van der Waals surface area contributed by atoms with E-state index < -0.39 is 23.0 Å². The van der Waals surface area contributed by atoms with Crippen molar-refractivity contribution < 1.29 is 9.90 Å².